The van der Waals surface area contributed by atoms with Crippen LogP contribution in [0.1, 0.15) is 172 Å². The summed E-state index contributed by atoms with van der Waals surface area (Å²) in [4.78, 5) is 29.7. The summed E-state index contributed by atoms with van der Waals surface area (Å²) in [5.74, 6) is 0. The first kappa shape index (κ1) is 74.3. The molecule has 5 aromatic carbocycles. The molecule has 8 aromatic rings. The maximum atomic E-state index is 10.6. The minimum atomic E-state index is -0.514. The van der Waals surface area contributed by atoms with E-state index in [2.05, 4.69) is 278 Å². The number of nitrogens with zero attached hydrogens (tertiary/aromatic N) is 2. The Balaban J connectivity index is 0.000000366. The molecule has 16 rings (SSSR count). The van der Waals surface area contributed by atoms with E-state index in [-0.39, 0.29) is 18.3 Å². The van der Waals surface area contributed by atoms with Gasteiger partial charge in [0.1, 0.15) is 24.6 Å². The number of benzene rings is 5. The molecule has 0 unspecified atom stereocenters. The van der Waals surface area contributed by atoms with E-state index in [1.54, 1.807) is 12.1 Å². The highest BCUT2D eigenvalue weighted by atomic mass is 16.7. The van der Waals surface area contributed by atoms with Crippen LogP contribution in [0.15, 0.2) is 164 Å². The molecule has 0 spiro atoms. The average Bonchev–Trinajstić information content (AvgIpc) is 1.65. The summed E-state index contributed by atoms with van der Waals surface area (Å²) >= 11 is 0. The molecule has 5 saturated heterocycles. The van der Waals surface area contributed by atoms with E-state index in [4.69, 9.17) is 56.5 Å². The maximum Gasteiger partial charge on any atom is 0.494 e. The van der Waals surface area contributed by atoms with Gasteiger partial charge in [0.15, 0.2) is 6.20 Å². The van der Waals surface area contributed by atoms with Crippen molar-refractivity contribution in [2.24, 2.45) is 0 Å². The molecule has 8 bridgehead atoms. The van der Waals surface area contributed by atoms with Crippen LogP contribution in [0.3, 0.4) is 0 Å². The van der Waals surface area contributed by atoms with Crippen LogP contribution in [-0.2, 0) is 46.5 Å². The van der Waals surface area contributed by atoms with E-state index < -0.39 is 73.3 Å². The molecule has 3 N–H and O–H groups in total. The van der Waals surface area contributed by atoms with Crippen molar-refractivity contribution in [3.8, 4) is 44.5 Å². The minimum Gasteiger partial charge on any atom is -0.399 e. The van der Waals surface area contributed by atoms with Crippen LogP contribution in [0.25, 0.3) is 90.9 Å². The van der Waals surface area contributed by atoms with Gasteiger partial charge in [-0.2, -0.15) is 0 Å². The Morgan fingerprint density at radius 1 is 0.302 bits per heavy atom. The molecule has 3 aromatic heterocycles. The Kier molecular flexibility index (Phi) is 18.9. The van der Waals surface area contributed by atoms with Crippen LogP contribution in [-0.4, -0.2) is 118 Å². The van der Waals surface area contributed by atoms with E-state index >= 15 is 0 Å². The van der Waals surface area contributed by atoms with Crippen LogP contribution in [0.5, 0.6) is 0 Å². The second-order valence-corrected chi connectivity index (χ2v) is 33.5. The first-order valence-electron chi connectivity index (χ1n) is 36.8. The predicted molar refractivity (Wildman–Crippen MR) is 431 cm³/mol. The third kappa shape index (κ3) is 13.9. The van der Waals surface area contributed by atoms with E-state index in [1.807, 2.05) is 58.2 Å². The van der Waals surface area contributed by atoms with Gasteiger partial charge in [0.2, 0.25) is 0 Å². The van der Waals surface area contributed by atoms with Crippen molar-refractivity contribution in [1.82, 2.24) is 25.3 Å². The molecule has 0 amide bonds. The number of aromatic nitrogens is 4. The van der Waals surface area contributed by atoms with Gasteiger partial charge in [0.25, 0.3) is 0 Å². The van der Waals surface area contributed by atoms with Crippen molar-refractivity contribution in [3.63, 3.8) is 0 Å². The normalized spacial score (nSPS) is 20.8. The zero-order valence-corrected chi connectivity index (χ0v) is 64.7. The number of hydrogen-bond donors (Lipinski definition) is 3. The van der Waals surface area contributed by atoms with Crippen molar-refractivity contribution in [1.29, 1.82) is 0 Å². The Labute approximate surface area is 626 Å². The number of nitrogens with one attached hydrogen (secondary N) is 3. The van der Waals surface area contributed by atoms with Gasteiger partial charge in [0, 0.05) is 49.9 Å². The first-order chi connectivity index (χ1) is 49.8. The number of allylic oxidation sites excluding steroid dienone is 2. The van der Waals surface area contributed by atoms with Crippen molar-refractivity contribution in [2.75, 3.05) is 0 Å². The summed E-state index contributed by atoms with van der Waals surface area (Å²) in [6, 6.07) is 49.8. The SMILES string of the molecule is CC1(C)OB(c2ccc(-c3c4nc(c(-c5ccc(B6OC(C)(C)C(C)(C)O6)cc5)c5ccc([nH]5)c(-c5ccc(B6OC(C)(C)C(C)(C)O6)cc5)c5nc(c(-c6ccc(B7OC(C)(C)C(C)(C)O7)cc6)c6ccc3[nH]6)C=C5)C=C4)cc2)OC1(C)C.CC1(C)OB(c2ccc(C=O)cc2)OC1(C)C.[C+]1=CC=CN1. The van der Waals surface area contributed by atoms with Gasteiger partial charge >= 0.3 is 35.6 Å². The molecule has 11 heterocycles. The number of carbonyl (C=O) groups excluding carboxylic acids is 1. The zero-order chi connectivity index (χ0) is 75.5. The maximum absolute atomic E-state index is 10.6. The van der Waals surface area contributed by atoms with Crippen molar-refractivity contribution in [2.45, 2.75) is 194 Å². The highest BCUT2D eigenvalue weighted by Crippen LogP contribution is 2.44. The Morgan fingerprint density at radius 2 is 0.509 bits per heavy atom. The molecular weight excluding hydrogens is 1320 g/mol. The smallest absolute Gasteiger partial charge is 0.399 e. The fraction of sp³-hybridized carbons (Fsp3) is 0.353. The van der Waals surface area contributed by atoms with Gasteiger partial charge in [-0.15, -0.1) is 0 Å². The lowest BCUT2D eigenvalue weighted by atomic mass is 9.78. The Hall–Kier alpha value is -8.52. The van der Waals surface area contributed by atoms with E-state index in [0.29, 0.717) is 5.56 Å². The van der Waals surface area contributed by atoms with Crippen LogP contribution in [0.4, 0.5) is 0 Å². The minimum absolute atomic E-state index is 0.332. The van der Waals surface area contributed by atoms with Gasteiger partial charge in [-0.25, -0.2) is 15.3 Å². The number of fused-ring (bicyclic) bond motifs is 8. The summed E-state index contributed by atoms with van der Waals surface area (Å²) in [5.41, 5.74) is 15.1. The summed E-state index contributed by atoms with van der Waals surface area (Å²) < 4.78 is 64.0. The summed E-state index contributed by atoms with van der Waals surface area (Å²) in [6.07, 6.45) is 17.6. The van der Waals surface area contributed by atoms with E-state index in [0.717, 1.165) is 123 Å². The highest BCUT2D eigenvalue weighted by Gasteiger charge is 2.56. The molecule has 540 valence electrons. The van der Waals surface area contributed by atoms with Crippen LogP contribution >= 0.6 is 0 Å². The fourth-order valence-corrected chi connectivity index (χ4v) is 13.5. The number of hydrogen-bond acceptors (Lipinski definition) is 14. The topological polar surface area (TPSA) is 179 Å². The number of H-pyrrole nitrogens is 2. The second kappa shape index (κ2) is 27.0. The van der Waals surface area contributed by atoms with E-state index in [9.17, 15) is 4.79 Å². The molecular formula is C85H95B5N5O11+. The van der Waals surface area contributed by atoms with Gasteiger partial charge in [-0.1, -0.05) is 121 Å². The molecule has 106 heavy (non-hydrogen) atoms. The highest BCUT2D eigenvalue weighted by molar-refractivity contribution is 6.64. The number of aldehydes is 1. The molecule has 0 atom stereocenters. The Morgan fingerprint density at radius 3 is 0.679 bits per heavy atom. The summed E-state index contributed by atoms with van der Waals surface area (Å²) in [7, 11) is -2.42. The van der Waals surface area contributed by atoms with Crippen molar-refractivity contribution in [3.05, 3.63) is 198 Å². The first-order valence-corrected chi connectivity index (χ1v) is 36.8. The second-order valence-electron chi connectivity index (χ2n) is 33.5. The van der Waals surface area contributed by atoms with E-state index in [1.165, 1.54) is 0 Å². The zero-order valence-electron chi connectivity index (χ0n) is 64.7. The molecule has 0 aliphatic carbocycles. The molecule has 16 nitrogen and oxygen atoms in total. The van der Waals surface area contributed by atoms with Crippen LogP contribution < -0.4 is 32.6 Å². The summed E-state index contributed by atoms with van der Waals surface area (Å²) in [5, 5.41) is 2.74. The standard InChI is InChI=1S/C68H74B4N4O8.C13H17BO3.C4H4N/c1-61(2)62(3,4)78-69(77-61)45-25-17-41(18-26-45)57-49-33-35-51(73-49)58(42-19-27-46(28-20-42)70-79-63(5,6)64(7,8)80-70)53-37-39-55(75-53)60(44-23-31-48(32-24-44)72-83-67(13,14)68(15,16)84-72)56-40-38-54(76-56)59(52-36-34-50(57)74-52)43-21-29-47(30-22-43)71-81-65(9,10)66(11,12)82-71;1-12(2)13(3,4)17-14(16-12)11-7-5-10(9-15)6-8-11;1-2-4-5-3-1/h17-40,73,76H,1-16H3;5-9H,1-4H3;1-3,5H/q;;+1. The molecule has 0 radical (unpaired) electrons. The molecule has 0 saturated carbocycles. The Bertz CT molecular complexity index is 4400. The molecule has 8 aliphatic rings. The number of carbonyl (C=O) groups is 1. The fourth-order valence-electron chi connectivity index (χ4n) is 13.5. The van der Waals surface area contributed by atoms with Crippen LogP contribution in [0, 0.1) is 6.20 Å². The van der Waals surface area contributed by atoms with Gasteiger partial charge in [-0.3, -0.25) is 4.79 Å². The largest absolute Gasteiger partial charge is 0.494 e. The lowest BCUT2D eigenvalue weighted by molar-refractivity contribution is 0.00578. The lowest BCUT2D eigenvalue weighted by Crippen LogP contribution is -2.41. The van der Waals surface area contributed by atoms with Crippen molar-refractivity contribution < 1.29 is 51.3 Å². The number of aromatic amines is 2. The lowest BCUT2D eigenvalue weighted by Gasteiger charge is -2.32. The van der Waals surface area contributed by atoms with Gasteiger partial charge < -0.3 is 56.5 Å². The monoisotopic (exact) mass is 1420 g/mol. The molecule has 21 heteroatoms. The quantitative estimate of drug-likeness (QED) is 0.0669. The van der Waals surface area contributed by atoms with Crippen LogP contribution in [0.2, 0.25) is 0 Å². The molecule has 5 fully saturated rings. The van der Waals surface area contributed by atoms with Gasteiger partial charge in [0.05, 0.1) is 78.8 Å². The third-order valence-electron chi connectivity index (χ3n) is 23.7. The summed E-state index contributed by atoms with van der Waals surface area (Å²) in [6.45, 7) is 41.3. The predicted octanol–water partition coefficient (Wildman–Crippen LogP) is 14.7. The third-order valence-corrected chi connectivity index (χ3v) is 23.7. The van der Waals surface area contributed by atoms with Crippen molar-refractivity contribution >= 4 is 116 Å². The molecule has 8 aliphatic heterocycles. The van der Waals surface area contributed by atoms with Gasteiger partial charge in [-0.05, 0) is 237 Å². The number of rotatable bonds is 10. The average molecular weight is 1420 g/mol.